The number of aromatic nitrogens is 6. The molecular formula is C23H27N9O3. The lowest BCUT2D eigenvalue weighted by atomic mass is 9.91. The summed E-state index contributed by atoms with van der Waals surface area (Å²) < 4.78 is 5.75. The number of fused-ring (bicyclic) bond motifs is 1. The molecule has 1 aliphatic heterocycles. The summed E-state index contributed by atoms with van der Waals surface area (Å²) in [4.78, 5) is 39.7. The fourth-order valence-electron chi connectivity index (χ4n) is 4.20. The number of H-pyrrole nitrogens is 1. The smallest absolute Gasteiger partial charge is 0.322 e. The number of hydrogen-bond donors (Lipinski definition) is 3. The third-order valence-corrected chi connectivity index (χ3v) is 6.58. The van der Waals surface area contributed by atoms with Gasteiger partial charge in [-0.3, -0.25) is 9.78 Å². The Balaban J connectivity index is 1.34. The molecule has 1 saturated carbocycles. The molecule has 0 radical (unpaired) electrons. The second kappa shape index (κ2) is 9.42. The highest BCUT2D eigenvalue weighted by Gasteiger charge is 2.44. The molecule has 1 amide bonds. The number of rotatable bonds is 8. The lowest BCUT2D eigenvalue weighted by Crippen LogP contribution is -2.38. The van der Waals surface area contributed by atoms with E-state index in [0.29, 0.717) is 25.0 Å². The number of aliphatic hydroxyl groups excluding tert-OH is 1. The van der Waals surface area contributed by atoms with E-state index in [9.17, 15) is 15.2 Å². The zero-order valence-corrected chi connectivity index (χ0v) is 19.4. The van der Waals surface area contributed by atoms with Crippen molar-refractivity contribution in [2.24, 2.45) is 5.41 Å². The maximum absolute atomic E-state index is 12.7. The number of nitrogens with zero attached hydrogens (tertiary/aromatic N) is 7. The second-order valence-corrected chi connectivity index (χ2v) is 9.24. The van der Waals surface area contributed by atoms with Gasteiger partial charge in [0, 0.05) is 43.3 Å². The Morgan fingerprint density at radius 2 is 2.09 bits per heavy atom. The van der Waals surface area contributed by atoms with Crippen molar-refractivity contribution in [3.63, 3.8) is 0 Å². The molecule has 3 aromatic heterocycles. The quantitative estimate of drug-likeness (QED) is 0.430. The molecule has 2 aliphatic rings. The predicted octanol–water partition coefficient (Wildman–Crippen LogP) is 1.32. The number of aliphatic hydroxyl groups is 1. The first kappa shape index (κ1) is 22.9. The number of piperidine rings is 1. The van der Waals surface area contributed by atoms with Crippen molar-refractivity contribution in [2.45, 2.75) is 44.6 Å². The number of aromatic amines is 1. The molecule has 0 bridgehead atoms. The first-order valence-electron chi connectivity index (χ1n) is 11.7. The van der Waals surface area contributed by atoms with Gasteiger partial charge in [0.1, 0.15) is 12.1 Å². The predicted molar refractivity (Wildman–Crippen MR) is 125 cm³/mol. The van der Waals surface area contributed by atoms with E-state index in [1.54, 1.807) is 19.3 Å². The molecule has 35 heavy (non-hydrogen) atoms. The summed E-state index contributed by atoms with van der Waals surface area (Å²) in [6.07, 6.45) is 8.60. The zero-order chi connectivity index (χ0) is 24.4. The van der Waals surface area contributed by atoms with Gasteiger partial charge in [0.05, 0.1) is 18.1 Å². The number of hydrogen-bond acceptors (Lipinski definition) is 10. The Morgan fingerprint density at radius 3 is 2.80 bits per heavy atom. The number of ether oxygens (including phenoxy) is 1. The third kappa shape index (κ3) is 4.85. The summed E-state index contributed by atoms with van der Waals surface area (Å²) in [7, 11) is 0. The summed E-state index contributed by atoms with van der Waals surface area (Å²) in [5.41, 5.74) is 2.32. The van der Waals surface area contributed by atoms with Crippen LogP contribution < -0.4 is 15.0 Å². The number of carbonyl (C=O) groups is 1. The molecule has 3 aromatic rings. The normalized spacial score (nSPS) is 18.1. The van der Waals surface area contributed by atoms with Gasteiger partial charge in [-0.05, 0) is 38.5 Å². The molecule has 4 heterocycles. The van der Waals surface area contributed by atoms with E-state index in [0.717, 1.165) is 42.4 Å². The third-order valence-electron chi connectivity index (χ3n) is 6.58. The number of nitrogens with one attached hydrogen (secondary N) is 2. The van der Waals surface area contributed by atoms with E-state index in [-0.39, 0.29) is 25.0 Å². The lowest BCUT2D eigenvalue weighted by molar-refractivity contribution is 0.0909. The van der Waals surface area contributed by atoms with Crippen molar-refractivity contribution < 1.29 is 14.6 Å². The van der Waals surface area contributed by atoms with Crippen LogP contribution in [0.1, 0.15) is 54.7 Å². The highest BCUT2D eigenvalue weighted by Crippen LogP contribution is 2.45. The Kier molecular flexibility index (Phi) is 6.17. The van der Waals surface area contributed by atoms with Crippen molar-refractivity contribution in [3.05, 3.63) is 30.0 Å². The SMILES string of the molecule is C[C@H](CO)NC(=O)c1nc(OCC2(C#N)CC2)nc(N2CCC(c3c[nH]c4nccnc34)CC2)n1. The van der Waals surface area contributed by atoms with Gasteiger partial charge in [-0.15, -0.1) is 0 Å². The Morgan fingerprint density at radius 1 is 1.31 bits per heavy atom. The fraction of sp³-hybridized carbons (Fsp3) is 0.522. The van der Waals surface area contributed by atoms with Crippen molar-refractivity contribution in [1.29, 1.82) is 5.26 Å². The van der Waals surface area contributed by atoms with Crippen LogP contribution in [0.5, 0.6) is 6.01 Å². The molecule has 2 fully saturated rings. The summed E-state index contributed by atoms with van der Waals surface area (Å²) in [5.74, 6) is 0.0680. The number of anilines is 1. The van der Waals surface area contributed by atoms with E-state index in [1.165, 1.54) is 0 Å². The number of nitriles is 1. The van der Waals surface area contributed by atoms with E-state index < -0.39 is 17.4 Å². The van der Waals surface area contributed by atoms with Crippen LogP contribution in [0, 0.1) is 16.7 Å². The zero-order valence-electron chi connectivity index (χ0n) is 19.4. The number of carbonyl (C=O) groups excluding carboxylic acids is 1. The summed E-state index contributed by atoms with van der Waals surface area (Å²) >= 11 is 0. The van der Waals surface area contributed by atoms with Gasteiger partial charge in [0.15, 0.2) is 5.65 Å². The summed E-state index contributed by atoms with van der Waals surface area (Å²) in [5, 5.41) is 21.3. The molecule has 12 nitrogen and oxygen atoms in total. The molecule has 12 heteroatoms. The second-order valence-electron chi connectivity index (χ2n) is 9.24. The van der Waals surface area contributed by atoms with Crippen LogP contribution in [0.4, 0.5) is 5.95 Å². The van der Waals surface area contributed by atoms with E-state index in [2.05, 4.69) is 41.3 Å². The van der Waals surface area contributed by atoms with Crippen LogP contribution in [-0.2, 0) is 0 Å². The molecule has 0 aromatic carbocycles. The first-order chi connectivity index (χ1) is 17.0. The van der Waals surface area contributed by atoms with Gasteiger partial charge in [-0.2, -0.15) is 20.2 Å². The van der Waals surface area contributed by atoms with Crippen LogP contribution >= 0.6 is 0 Å². The fourth-order valence-corrected chi connectivity index (χ4v) is 4.20. The monoisotopic (exact) mass is 477 g/mol. The lowest BCUT2D eigenvalue weighted by Gasteiger charge is -2.32. The van der Waals surface area contributed by atoms with Gasteiger partial charge in [-0.1, -0.05) is 0 Å². The highest BCUT2D eigenvalue weighted by atomic mass is 16.5. The molecule has 3 N–H and O–H groups in total. The van der Waals surface area contributed by atoms with Crippen molar-refractivity contribution in [3.8, 4) is 12.1 Å². The summed E-state index contributed by atoms with van der Waals surface area (Å²) in [6, 6.07) is 1.85. The standard InChI is InChI=1S/C23H27N9O3/c1-14(11-33)28-20(34)19-29-21(31-22(30-19)35-13-23(12-24)4-5-23)32-8-2-15(3-9-32)16-10-27-18-17(16)25-6-7-26-18/h6-7,10,14-15,33H,2-5,8-9,11,13H2,1H3,(H,26,27)(H,28,34)/t14-/m1/s1. The van der Waals surface area contributed by atoms with Crippen molar-refractivity contribution in [1.82, 2.24) is 35.2 Å². The van der Waals surface area contributed by atoms with Crippen molar-refractivity contribution >= 4 is 23.0 Å². The Labute approximate surface area is 201 Å². The maximum Gasteiger partial charge on any atom is 0.322 e. The Bertz CT molecular complexity index is 1260. The van der Waals surface area contributed by atoms with E-state index in [4.69, 9.17) is 4.74 Å². The van der Waals surface area contributed by atoms with Gasteiger partial charge >= 0.3 is 6.01 Å². The molecule has 5 rings (SSSR count). The van der Waals surface area contributed by atoms with E-state index >= 15 is 0 Å². The molecule has 1 saturated heterocycles. The molecule has 182 valence electrons. The number of amides is 1. The van der Waals surface area contributed by atoms with Gasteiger partial charge in [0.2, 0.25) is 11.8 Å². The average molecular weight is 478 g/mol. The Hall–Kier alpha value is -3.85. The molecule has 0 spiro atoms. The average Bonchev–Trinajstić information content (AvgIpc) is 3.56. The molecular weight excluding hydrogens is 450 g/mol. The van der Waals surface area contributed by atoms with E-state index in [1.807, 2.05) is 11.1 Å². The van der Waals surface area contributed by atoms with Crippen LogP contribution in [0.2, 0.25) is 0 Å². The van der Waals surface area contributed by atoms with Crippen LogP contribution in [0.25, 0.3) is 11.2 Å². The maximum atomic E-state index is 12.7. The minimum atomic E-state index is -0.520. The topological polar surface area (TPSA) is 166 Å². The molecule has 1 aliphatic carbocycles. The summed E-state index contributed by atoms with van der Waals surface area (Å²) in [6.45, 7) is 3.00. The van der Waals surface area contributed by atoms with Crippen molar-refractivity contribution in [2.75, 3.05) is 31.2 Å². The molecule has 1 atom stereocenters. The molecule has 0 unspecified atom stereocenters. The minimum absolute atomic E-state index is 0.0207. The first-order valence-corrected chi connectivity index (χ1v) is 11.7. The van der Waals surface area contributed by atoms with Gasteiger partial charge in [-0.25, -0.2) is 4.98 Å². The van der Waals surface area contributed by atoms with Crippen LogP contribution in [0.3, 0.4) is 0 Å². The van der Waals surface area contributed by atoms with Crippen LogP contribution in [-0.4, -0.2) is 73.3 Å². The largest absolute Gasteiger partial charge is 0.462 e. The van der Waals surface area contributed by atoms with Crippen LogP contribution in [0.15, 0.2) is 18.6 Å². The minimum Gasteiger partial charge on any atom is -0.462 e. The highest BCUT2D eigenvalue weighted by molar-refractivity contribution is 5.91. The van der Waals surface area contributed by atoms with Gasteiger partial charge in [0.25, 0.3) is 5.91 Å². The van der Waals surface area contributed by atoms with Gasteiger partial charge < -0.3 is 25.0 Å².